The highest BCUT2D eigenvalue weighted by molar-refractivity contribution is 5.81. The Morgan fingerprint density at radius 3 is 2.50 bits per heavy atom. The van der Waals surface area contributed by atoms with Gasteiger partial charge < -0.3 is 16.2 Å². The van der Waals surface area contributed by atoms with E-state index in [1.54, 1.807) is 0 Å². The van der Waals surface area contributed by atoms with Crippen molar-refractivity contribution in [3.63, 3.8) is 0 Å². The van der Waals surface area contributed by atoms with Gasteiger partial charge in [0.1, 0.15) is 0 Å². The first-order valence-electron chi connectivity index (χ1n) is 6.19. The number of amides is 1. The molecule has 4 N–H and O–H groups in total. The number of carbonyl (C=O) groups is 1. The molecule has 4 heteroatoms. The van der Waals surface area contributed by atoms with E-state index in [-0.39, 0.29) is 5.91 Å². The van der Waals surface area contributed by atoms with Gasteiger partial charge in [0.05, 0.1) is 11.6 Å². The zero-order chi connectivity index (χ0) is 12.2. The lowest BCUT2D eigenvalue weighted by Gasteiger charge is -2.23. The van der Waals surface area contributed by atoms with Crippen molar-refractivity contribution in [3.05, 3.63) is 0 Å². The van der Waals surface area contributed by atoms with Crippen molar-refractivity contribution in [2.24, 2.45) is 11.7 Å². The predicted molar refractivity (Wildman–Crippen MR) is 63.9 cm³/mol. The maximum Gasteiger partial charge on any atom is 0.237 e. The fourth-order valence-corrected chi connectivity index (χ4v) is 2.21. The zero-order valence-corrected chi connectivity index (χ0v) is 10.3. The summed E-state index contributed by atoms with van der Waals surface area (Å²) in [5.41, 5.74) is 5.07. The summed E-state index contributed by atoms with van der Waals surface area (Å²) in [5.74, 6) is 0.268. The highest BCUT2D eigenvalue weighted by Crippen LogP contribution is 2.28. The lowest BCUT2D eigenvalue weighted by molar-refractivity contribution is -0.123. The molecule has 1 aliphatic carbocycles. The Bertz CT molecular complexity index is 235. The number of nitrogens with one attached hydrogen (secondary N) is 1. The van der Waals surface area contributed by atoms with Crippen molar-refractivity contribution in [1.82, 2.24) is 5.32 Å². The number of carbonyl (C=O) groups excluding carboxylic acids is 1. The molecule has 94 valence electrons. The van der Waals surface area contributed by atoms with Crippen molar-refractivity contribution in [2.75, 3.05) is 6.54 Å². The molecule has 0 aromatic heterocycles. The Morgan fingerprint density at radius 1 is 1.44 bits per heavy atom. The average Bonchev–Trinajstić information content (AvgIpc) is 2.61. The number of hydrogen-bond donors (Lipinski definition) is 3. The summed E-state index contributed by atoms with van der Waals surface area (Å²) < 4.78 is 0. The molecule has 1 rings (SSSR count). The fraction of sp³-hybridized carbons (Fsp3) is 0.917. The maximum absolute atomic E-state index is 11.6. The van der Waals surface area contributed by atoms with Crippen LogP contribution in [-0.4, -0.2) is 29.2 Å². The molecule has 4 nitrogen and oxygen atoms in total. The SMILES string of the molecule is CC(C)C[C@H](N)C(=O)NCC1(O)CCCC1. The van der Waals surface area contributed by atoms with Crippen LogP contribution in [0.3, 0.4) is 0 Å². The van der Waals surface area contributed by atoms with Gasteiger partial charge in [0.15, 0.2) is 0 Å². The molecule has 1 atom stereocenters. The van der Waals surface area contributed by atoms with Crippen LogP contribution in [0, 0.1) is 5.92 Å². The first-order valence-corrected chi connectivity index (χ1v) is 6.19. The summed E-state index contributed by atoms with van der Waals surface area (Å²) >= 11 is 0. The summed E-state index contributed by atoms with van der Waals surface area (Å²) in [6.45, 7) is 4.42. The lowest BCUT2D eigenvalue weighted by atomic mass is 10.0. The summed E-state index contributed by atoms with van der Waals surface area (Å²) in [5, 5.41) is 12.8. The van der Waals surface area contributed by atoms with Gasteiger partial charge in [-0.05, 0) is 25.2 Å². The van der Waals surface area contributed by atoms with Crippen molar-refractivity contribution in [2.45, 2.75) is 57.6 Å². The van der Waals surface area contributed by atoms with Crippen molar-refractivity contribution in [1.29, 1.82) is 0 Å². The van der Waals surface area contributed by atoms with Gasteiger partial charge in [0.25, 0.3) is 0 Å². The van der Waals surface area contributed by atoms with Crippen LogP contribution >= 0.6 is 0 Å². The molecule has 0 radical (unpaired) electrons. The van der Waals surface area contributed by atoms with E-state index < -0.39 is 11.6 Å². The van der Waals surface area contributed by atoms with Gasteiger partial charge >= 0.3 is 0 Å². The van der Waals surface area contributed by atoms with Crippen LogP contribution in [0.1, 0.15) is 46.0 Å². The highest BCUT2D eigenvalue weighted by Gasteiger charge is 2.31. The van der Waals surface area contributed by atoms with E-state index in [0.717, 1.165) is 25.7 Å². The van der Waals surface area contributed by atoms with Crippen LogP contribution < -0.4 is 11.1 Å². The molecule has 1 saturated carbocycles. The molecule has 0 heterocycles. The predicted octanol–water partition coefficient (Wildman–Crippen LogP) is 0.781. The minimum absolute atomic E-state index is 0.144. The van der Waals surface area contributed by atoms with Crippen LogP contribution in [0.4, 0.5) is 0 Å². The third-order valence-electron chi connectivity index (χ3n) is 3.19. The average molecular weight is 228 g/mol. The monoisotopic (exact) mass is 228 g/mol. The third kappa shape index (κ3) is 4.10. The van der Waals surface area contributed by atoms with E-state index in [0.29, 0.717) is 18.9 Å². The highest BCUT2D eigenvalue weighted by atomic mass is 16.3. The second-order valence-electron chi connectivity index (χ2n) is 5.39. The van der Waals surface area contributed by atoms with E-state index in [1.807, 2.05) is 13.8 Å². The molecule has 0 aliphatic heterocycles. The Hall–Kier alpha value is -0.610. The van der Waals surface area contributed by atoms with E-state index in [2.05, 4.69) is 5.32 Å². The number of nitrogens with two attached hydrogens (primary N) is 1. The summed E-state index contributed by atoms with van der Waals surface area (Å²) in [4.78, 5) is 11.6. The largest absolute Gasteiger partial charge is 0.388 e. The summed E-state index contributed by atoms with van der Waals surface area (Å²) in [7, 11) is 0. The quantitative estimate of drug-likeness (QED) is 0.651. The van der Waals surface area contributed by atoms with Crippen molar-refractivity contribution < 1.29 is 9.90 Å². The minimum atomic E-state index is -0.687. The van der Waals surface area contributed by atoms with E-state index in [1.165, 1.54) is 0 Å². The van der Waals surface area contributed by atoms with Crippen LogP contribution in [0.2, 0.25) is 0 Å². The molecule has 1 amide bonds. The van der Waals surface area contributed by atoms with E-state index in [4.69, 9.17) is 5.73 Å². The van der Waals surface area contributed by atoms with Crippen LogP contribution in [0.5, 0.6) is 0 Å². The Balaban J connectivity index is 2.28. The maximum atomic E-state index is 11.6. The lowest BCUT2D eigenvalue weighted by Crippen LogP contribution is -2.47. The summed E-state index contributed by atoms with van der Waals surface area (Å²) in [6, 6.07) is -0.454. The van der Waals surface area contributed by atoms with Gasteiger partial charge in [-0.3, -0.25) is 4.79 Å². The first kappa shape index (κ1) is 13.5. The molecule has 0 unspecified atom stereocenters. The normalized spacial score (nSPS) is 21.1. The Morgan fingerprint density at radius 2 is 2.00 bits per heavy atom. The molecule has 0 bridgehead atoms. The molecule has 0 aromatic carbocycles. The minimum Gasteiger partial charge on any atom is -0.388 e. The zero-order valence-electron chi connectivity index (χ0n) is 10.3. The fourth-order valence-electron chi connectivity index (χ4n) is 2.21. The van der Waals surface area contributed by atoms with Gasteiger partial charge in [-0.2, -0.15) is 0 Å². The first-order chi connectivity index (χ1) is 7.43. The van der Waals surface area contributed by atoms with E-state index in [9.17, 15) is 9.90 Å². The number of aliphatic hydroxyl groups is 1. The smallest absolute Gasteiger partial charge is 0.237 e. The van der Waals surface area contributed by atoms with E-state index >= 15 is 0 Å². The topological polar surface area (TPSA) is 75.4 Å². The van der Waals surface area contributed by atoms with Crippen molar-refractivity contribution >= 4 is 5.91 Å². The number of hydrogen-bond acceptors (Lipinski definition) is 3. The molecule has 1 fully saturated rings. The second kappa shape index (κ2) is 5.64. The van der Waals surface area contributed by atoms with Crippen LogP contribution in [0.15, 0.2) is 0 Å². The molecule has 1 aliphatic rings. The van der Waals surface area contributed by atoms with Gasteiger partial charge in [-0.1, -0.05) is 26.7 Å². The Kier molecular flexibility index (Phi) is 4.74. The Labute approximate surface area is 97.6 Å². The van der Waals surface area contributed by atoms with Gasteiger partial charge in [-0.25, -0.2) is 0 Å². The van der Waals surface area contributed by atoms with Gasteiger partial charge in [-0.15, -0.1) is 0 Å². The van der Waals surface area contributed by atoms with Crippen molar-refractivity contribution in [3.8, 4) is 0 Å². The van der Waals surface area contributed by atoms with Crippen LogP contribution in [-0.2, 0) is 4.79 Å². The summed E-state index contributed by atoms with van der Waals surface area (Å²) in [6.07, 6.45) is 4.35. The molecule has 0 spiro atoms. The molecule has 0 saturated heterocycles. The van der Waals surface area contributed by atoms with Gasteiger partial charge in [0, 0.05) is 6.54 Å². The molecule has 0 aromatic rings. The van der Waals surface area contributed by atoms with Gasteiger partial charge in [0.2, 0.25) is 5.91 Å². The molecular formula is C12H24N2O2. The third-order valence-corrected chi connectivity index (χ3v) is 3.19. The number of rotatable bonds is 5. The van der Waals surface area contributed by atoms with Crippen LogP contribution in [0.25, 0.3) is 0 Å². The second-order valence-corrected chi connectivity index (χ2v) is 5.39. The standard InChI is InChI=1S/C12H24N2O2/c1-9(2)7-10(13)11(15)14-8-12(16)5-3-4-6-12/h9-10,16H,3-8,13H2,1-2H3,(H,14,15)/t10-/m0/s1. The molecular weight excluding hydrogens is 204 g/mol. The molecule has 16 heavy (non-hydrogen) atoms.